The molecule has 114 valence electrons. The van der Waals surface area contributed by atoms with Crippen LogP contribution in [0, 0.1) is 13.8 Å². The number of rotatable bonds is 9. The predicted octanol–water partition coefficient (Wildman–Crippen LogP) is 2.72. The minimum Gasteiger partial charge on any atom is -0.394 e. The lowest BCUT2D eigenvalue weighted by molar-refractivity contribution is 0.165. The molecular weight excluding hydrogens is 270 g/mol. The van der Waals surface area contributed by atoms with Gasteiger partial charge in [0.1, 0.15) is 0 Å². The maximum atomic E-state index is 9.51. The average Bonchev–Trinajstić information content (AvgIpc) is 2.40. The molecule has 0 aliphatic rings. The van der Waals surface area contributed by atoms with Crippen LogP contribution in [0.2, 0.25) is 0 Å². The van der Waals surface area contributed by atoms with Gasteiger partial charge in [-0.25, -0.2) is 9.97 Å². The molecule has 0 spiro atoms. The van der Waals surface area contributed by atoms with Crippen molar-refractivity contribution >= 4 is 11.8 Å². The molecule has 4 nitrogen and oxygen atoms in total. The molecular formula is C15H27N3OS. The summed E-state index contributed by atoms with van der Waals surface area (Å²) in [6.45, 7) is 9.34. The van der Waals surface area contributed by atoms with E-state index in [-0.39, 0.29) is 12.1 Å². The van der Waals surface area contributed by atoms with Crippen LogP contribution in [0.1, 0.15) is 44.5 Å². The van der Waals surface area contributed by atoms with E-state index in [9.17, 15) is 5.11 Å². The summed E-state index contributed by atoms with van der Waals surface area (Å²) in [5.74, 6) is 0.978. The Balaban J connectivity index is 2.36. The molecule has 1 heterocycles. The maximum absolute atomic E-state index is 9.51. The van der Waals surface area contributed by atoms with E-state index in [0.717, 1.165) is 48.1 Å². The molecule has 1 aromatic rings. The highest BCUT2D eigenvalue weighted by Crippen LogP contribution is 2.19. The summed E-state index contributed by atoms with van der Waals surface area (Å²) in [6, 6.07) is 1.99. The molecule has 0 saturated carbocycles. The molecule has 0 amide bonds. The Morgan fingerprint density at radius 1 is 1.30 bits per heavy atom. The third kappa shape index (κ3) is 6.20. The van der Waals surface area contributed by atoms with Gasteiger partial charge in [-0.2, -0.15) is 0 Å². The number of nitrogens with one attached hydrogen (secondary N) is 1. The molecule has 0 aliphatic heterocycles. The van der Waals surface area contributed by atoms with Crippen LogP contribution in [-0.2, 0) is 0 Å². The molecule has 1 unspecified atom stereocenters. The molecule has 1 atom stereocenters. The molecule has 0 radical (unpaired) electrons. The Morgan fingerprint density at radius 2 is 1.95 bits per heavy atom. The Hall–Kier alpha value is -0.650. The summed E-state index contributed by atoms with van der Waals surface area (Å²) in [5, 5.41) is 13.8. The first-order valence-corrected chi connectivity index (χ1v) is 8.28. The smallest absolute Gasteiger partial charge is 0.187 e. The predicted molar refractivity (Wildman–Crippen MR) is 85.2 cm³/mol. The average molecular weight is 297 g/mol. The molecule has 2 N–H and O–H groups in total. The molecule has 0 aromatic carbocycles. The largest absolute Gasteiger partial charge is 0.394 e. The number of aromatic nitrogens is 2. The zero-order valence-electron chi connectivity index (χ0n) is 13.1. The number of aliphatic hydroxyl groups excluding tert-OH is 1. The molecule has 0 bridgehead atoms. The quantitative estimate of drug-likeness (QED) is 0.417. The minimum absolute atomic E-state index is 0.167. The third-order valence-corrected chi connectivity index (χ3v) is 4.15. The second kappa shape index (κ2) is 8.60. The van der Waals surface area contributed by atoms with Crippen molar-refractivity contribution in [3.63, 3.8) is 0 Å². The van der Waals surface area contributed by atoms with Gasteiger partial charge in [0.05, 0.1) is 6.61 Å². The van der Waals surface area contributed by atoms with Gasteiger partial charge < -0.3 is 10.4 Å². The van der Waals surface area contributed by atoms with Gasteiger partial charge in [0, 0.05) is 22.7 Å². The lowest BCUT2D eigenvalue weighted by Gasteiger charge is -2.28. The summed E-state index contributed by atoms with van der Waals surface area (Å²) in [5.41, 5.74) is 1.87. The molecule has 1 rings (SSSR count). The van der Waals surface area contributed by atoms with E-state index < -0.39 is 0 Å². The van der Waals surface area contributed by atoms with E-state index >= 15 is 0 Å². The van der Waals surface area contributed by atoms with Gasteiger partial charge in [0.15, 0.2) is 5.16 Å². The van der Waals surface area contributed by atoms with Crippen molar-refractivity contribution in [3.05, 3.63) is 17.5 Å². The lowest BCUT2D eigenvalue weighted by atomic mass is 9.97. The van der Waals surface area contributed by atoms with Crippen LogP contribution in [0.4, 0.5) is 0 Å². The van der Waals surface area contributed by atoms with Gasteiger partial charge in [-0.1, -0.05) is 18.7 Å². The third-order valence-electron chi connectivity index (χ3n) is 3.22. The standard InChI is InChI=1S/C15H27N3OS/c1-5-8-16-15(4,11-19)7-6-9-20-14-17-12(2)10-13(3)18-14/h10,16,19H,5-9,11H2,1-4H3. The molecule has 0 aliphatic carbocycles. The summed E-state index contributed by atoms with van der Waals surface area (Å²) in [7, 11) is 0. The first-order chi connectivity index (χ1) is 9.49. The highest BCUT2D eigenvalue weighted by atomic mass is 32.2. The van der Waals surface area contributed by atoms with Crippen LogP contribution >= 0.6 is 11.8 Å². The van der Waals surface area contributed by atoms with Crippen molar-refractivity contribution in [1.29, 1.82) is 0 Å². The van der Waals surface area contributed by atoms with Crippen molar-refractivity contribution in [2.45, 2.75) is 57.7 Å². The number of aryl methyl sites for hydroxylation is 2. The van der Waals surface area contributed by atoms with Crippen molar-refractivity contribution in [3.8, 4) is 0 Å². The fourth-order valence-electron chi connectivity index (χ4n) is 2.03. The van der Waals surface area contributed by atoms with Gasteiger partial charge in [-0.3, -0.25) is 0 Å². The number of nitrogens with zero attached hydrogens (tertiary/aromatic N) is 2. The Bertz CT molecular complexity index is 394. The van der Waals surface area contributed by atoms with E-state index in [1.54, 1.807) is 11.8 Å². The normalized spacial score (nSPS) is 14.2. The Labute approximate surface area is 126 Å². The first kappa shape index (κ1) is 17.4. The fourth-order valence-corrected chi connectivity index (χ4v) is 2.92. The van der Waals surface area contributed by atoms with E-state index in [2.05, 4.69) is 29.1 Å². The molecule has 5 heteroatoms. The zero-order valence-corrected chi connectivity index (χ0v) is 13.9. The molecule has 0 fully saturated rings. The SMILES string of the molecule is CCCNC(C)(CO)CCCSc1nc(C)cc(C)n1. The van der Waals surface area contributed by atoms with Crippen molar-refractivity contribution in [2.24, 2.45) is 0 Å². The van der Waals surface area contributed by atoms with Crippen LogP contribution in [0.25, 0.3) is 0 Å². The first-order valence-electron chi connectivity index (χ1n) is 7.30. The molecule has 20 heavy (non-hydrogen) atoms. The second-order valence-corrected chi connectivity index (χ2v) is 6.59. The number of aliphatic hydroxyl groups is 1. The van der Waals surface area contributed by atoms with Crippen molar-refractivity contribution in [1.82, 2.24) is 15.3 Å². The Kier molecular flexibility index (Phi) is 7.48. The zero-order chi connectivity index (χ0) is 15.0. The van der Waals surface area contributed by atoms with Crippen LogP contribution in [0.5, 0.6) is 0 Å². The fraction of sp³-hybridized carbons (Fsp3) is 0.733. The van der Waals surface area contributed by atoms with Gasteiger partial charge in [-0.15, -0.1) is 0 Å². The number of hydrogen-bond acceptors (Lipinski definition) is 5. The topological polar surface area (TPSA) is 58.0 Å². The highest BCUT2D eigenvalue weighted by Gasteiger charge is 2.21. The molecule has 0 saturated heterocycles. The van der Waals surface area contributed by atoms with Crippen molar-refractivity contribution in [2.75, 3.05) is 18.9 Å². The van der Waals surface area contributed by atoms with Crippen LogP contribution < -0.4 is 5.32 Å². The Morgan fingerprint density at radius 3 is 2.50 bits per heavy atom. The van der Waals surface area contributed by atoms with E-state index in [1.165, 1.54) is 0 Å². The van der Waals surface area contributed by atoms with E-state index in [0.29, 0.717) is 0 Å². The molecule has 1 aromatic heterocycles. The second-order valence-electron chi connectivity index (χ2n) is 5.53. The van der Waals surface area contributed by atoms with E-state index in [1.807, 2.05) is 19.9 Å². The van der Waals surface area contributed by atoms with Gasteiger partial charge >= 0.3 is 0 Å². The number of thioether (sulfide) groups is 1. The maximum Gasteiger partial charge on any atom is 0.187 e. The van der Waals surface area contributed by atoms with Gasteiger partial charge in [-0.05, 0) is 52.6 Å². The van der Waals surface area contributed by atoms with Crippen LogP contribution in [-0.4, -0.2) is 39.5 Å². The van der Waals surface area contributed by atoms with Crippen LogP contribution in [0.15, 0.2) is 11.2 Å². The minimum atomic E-state index is -0.167. The lowest BCUT2D eigenvalue weighted by Crippen LogP contribution is -2.46. The van der Waals surface area contributed by atoms with Gasteiger partial charge in [0.2, 0.25) is 0 Å². The number of hydrogen-bond donors (Lipinski definition) is 2. The highest BCUT2D eigenvalue weighted by molar-refractivity contribution is 7.99. The summed E-state index contributed by atoms with van der Waals surface area (Å²) in [4.78, 5) is 8.85. The summed E-state index contributed by atoms with van der Waals surface area (Å²) in [6.07, 6.45) is 3.08. The van der Waals surface area contributed by atoms with Crippen molar-refractivity contribution < 1.29 is 5.11 Å². The monoisotopic (exact) mass is 297 g/mol. The van der Waals surface area contributed by atoms with Gasteiger partial charge in [0.25, 0.3) is 0 Å². The summed E-state index contributed by atoms with van der Waals surface area (Å²) < 4.78 is 0. The van der Waals surface area contributed by atoms with E-state index in [4.69, 9.17) is 0 Å². The summed E-state index contributed by atoms with van der Waals surface area (Å²) >= 11 is 1.69. The van der Waals surface area contributed by atoms with Crippen LogP contribution in [0.3, 0.4) is 0 Å².